The lowest BCUT2D eigenvalue weighted by molar-refractivity contribution is -0.132. The number of carbonyl (C=O) groups is 4. The molecule has 0 unspecified atom stereocenters. The van der Waals surface area contributed by atoms with Crippen molar-refractivity contribution in [3.05, 3.63) is 35.9 Å². The maximum atomic E-state index is 12.8. The van der Waals surface area contributed by atoms with E-state index in [2.05, 4.69) is 20.9 Å². The third-order valence-corrected chi connectivity index (χ3v) is 3.99. The van der Waals surface area contributed by atoms with Crippen LogP contribution < -0.4 is 33.2 Å². The first-order valence-electron chi connectivity index (χ1n) is 9.41. The van der Waals surface area contributed by atoms with Crippen LogP contribution in [-0.2, 0) is 25.6 Å². The number of benzene rings is 1. The zero-order chi connectivity index (χ0) is 22.5. The molecular formula is C19H29N7O4. The first kappa shape index (κ1) is 24.4. The smallest absolute Gasteiger partial charge is 0.243 e. The van der Waals surface area contributed by atoms with Crippen LogP contribution in [0.5, 0.6) is 0 Å². The van der Waals surface area contributed by atoms with E-state index in [0.29, 0.717) is 6.42 Å². The van der Waals surface area contributed by atoms with Gasteiger partial charge in [0.1, 0.15) is 12.1 Å². The van der Waals surface area contributed by atoms with E-state index in [4.69, 9.17) is 17.2 Å². The maximum absolute atomic E-state index is 12.8. The van der Waals surface area contributed by atoms with Gasteiger partial charge in [-0.25, -0.2) is 0 Å². The van der Waals surface area contributed by atoms with Gasteiger partial charge in [0.15, 0.2) is 5.96 Å². The molecule has 11 nitrogen and oxygen atoms in total. The van der Waals surface area contributed by atoms with Crippen LogP contribution in [0.3, 0.4) is 0 Å². The van der Waals surface area contributed by atoms with Gasteiger partial charge < -0.3 is 33.2 Å². The topological polar surface area (TPSA) is 195 Å². The fraction of sp³-hybridized carbons (Fsp3) is 0.421. The summed E-state index contributed by atoms with van der Waals surface area (Å²) in [6, 6.07) is 7.21. The molecule has 11 heteroatoms. The Balaban J connectivity index is 2.87. The molecule has 0 radical (unpaired) electrons. The van der Waals surface area contributed by atoms with Gasteiger partial charge in [-0.1, -0.05) is 30.3 Å². The number of primary amides is 1. The zero-order valence-electron chi connectivity index (χ0n) is 16.9. The van der Waals surface area contributed by atoms with E-state index in [0.717, 1.165) is 5.56 Å². The number of aliphatic imine (C=N–C) groups is 1. The van der Waals surface area contributed by atoms with E-state index in [9.17, 15) is 19.2 Å². The van der Waals surface area contributed by atoms with Crippen molar-refractivity contribution in [1.82, 2.24) is 16.0 Å². The average molecular weight is 419 g/mol. The molecule has 0 aliphatic carbocycles. The molecule has 0 spiro atoms. The lowest BCUT2D eigenvalue weighted by Crippen LogP contribution is -2.55. The Kier molecular flexibility index (Phi) is 10.4. The summed E-state index contributed by atoms with van der Waals surface area (Å²) in [6.07, 6.45) is 0.897. The van der Waals surface area contributed by atoms with Crippen molar-refractivity contribution >= 4 is 29.6 Å². The summed E-state index contributed by atoms with van der Waals surface area (Å²) in [4.78, 5) is 51.6. The van der Waals surface area contributed by atoms with Crippen LogP contribution in [0.25, 0.3) is 0 Å². The molecule has 9 N–H and O–H groups in total. The molecule has 0 fully saturated rings. The SMILES string of the molecule is CC(=O)N[C@H](CCCN=C(N)N)C(=O)N[C@@H](Cc1ccccc1)C(=O)NCC(N)=O. The number of hydrogen-bond acceptors (Lipinski definition) is 5. The Bertz CT molecular complexity index is 763. The second-order valence-electron chi connectivity index (χ2n) is 6.64. The molecule has 4 amide bonds. The molecule has 164 valence electrons. The minimum Gasteiger partial charge on any atom is -0.370 e. The van der Waals surface area contributed by atoms with Crippen molar-refractivity contribution in [1.29, 1.82) is 0 Å². The van der Waals surface area contributed by atoms with Crippen molar-refractivity contribution in [2.45, 2.75) is 38.3 Å². The van der Waals surface area contributed by atoms with Gasteiger partial charge in [-0.3, -0.25) is 24.2 Å². The minimum atomic E-state index is -0.965. The largest absolute Gasteiger partial charge is 0.370 e. The molecule has 0 bridgehead atoms. The average Bonchev–Trinajstić information content (AvgIpc) is 2.68. The lowest BCUT2D eigenvalue weighted by Gasteiger charge is -2.23. The molecule has 1 aromatic carbocycles. The molecule has 1 aromatic rings. The van der Waals surface area contributed by atoms with E-state index in [-0.39, 0.29) is 31.9 Å². The summed E-state index contributed by atoms with van der Waals surface area (Å²) in [5.74, 6) is -2.26. The summed E-state index contributed by atoms with van der Waals surface area (Å²) in [7, 11) is 0. The summed E-state index contributed by atoms with van der Waals surface area (Å²) in [5, 5.41) is 7.59. The molecule has 0 saturated carbocycles. The second-order valence-corrected chi connectivity index (χ2v) is 6.64. The van der Waals surface area contributed by atoms with Gasteiger partial charge in [-0.2, -0.15) is 0 Å². The van der Waals surface area contributed by atoms with Gasteiger partial charge in [-0.05, 0) is 18.4 Å². The van der Waals surface area contributed by atoms with Crippen LogP contribution in [0.15, 0.2) is 35.3 Å². The normalized spacial score (nSPS) is 12.2. The van der Waals surface area contributed by atoms with Gasteiger partial charge in [0.05, 0.1) is 6.54 Å². The Morgan fingerprint density at radius 3 is 2.20 bits per heavy atom. The number of nitrogens with two attached hydrogens (primary N) is 3. The fourth-order valence-electron chi connectivity index (χ4n) is 2.65. The summed E-state index contributed by atoms with van der Waals surface area (Å²) >= 11 is 0. The van der Waals surface area contributed by atoms with Crippen LogP contribution in [0.2, 0.25) is 0 Å². The van der Waals surface area contributed by atoms with Crippen LogP contribution in [0.1, 0.15) is 25.3 Å². The first-order valence-corrected chi connectivity index (χ1v) is 9.41. The molecule has 0 aromatic heterocycles. The maximum Gasteiger partial charge on any atom is 0.243 e. The standard InChI is InChI=1S/C19H29N7O4/c1-12(27)25-14(8-5-9-23-19(21)22)18(30)26-15(17(29)24-11-16(20)28)10-13-6-3-2-4-7-13/h2-4,6-7,14-15H,5,8-11H2,1H3,(H2,20,28)(H,24,29)(H,25,27)(H,26,30)(H4,21,22,23)/t14-,15+/m1/s1. The van der Waals surface area contributed by atoms with E-state index in [1.165, 1.54) is 6.92 Å². The second kappa shape index (κ2) is 12.8. The third-order valence-electron chi connectivity index (χ3n) is 3.99. The number of hydrogen-bond donors (Lipinski definition) is 6. The summed E-state index contributed by atoms with van der Waals surface area (Å²) < 4.78 is 0. The van der Waals surface area contributed by atoms with Crippen LogP contribution in [0, 0.1) is 0 Å². The molecule has 0 heterocycles. The number of carbonyl (C=O) groups excluding carboxylic acids is 4. The Hall–Kier alpha value is -3.63. The van der Waals surface area contributed by atoms with Crippen molar-refractivity contribution in [3.63, 3.8) is 0 Å². The number of nitrogens with one attached hydrogen (secondary N) is 3. The van der Waals surface area contributed by atoms with E-state index in [1.54, 1.807) is 24.3 Å². The van der Waals surface area contributed by atoms with Crippen LogP contribution in [0.4, 0.5) is 0 Å². The van der Waals surface area contributed by atoms with Crippen molar-refractivity contribution < 1.29 is 19.2 Å². The number of nitrogens with zero attached hydrogens (tertiary/aromatic N) is 1. The highest BCUT2D eigenvalue weighted by molar-refractivity contribution is 5.93. The Morgan fingerprint density at radius 1 is 0.967 bits per heavy atom. The molecule has 1 rings (SSSR count). The summed E-state index contributed by atoms with van der Waals surface area (Å²) in [6.45, 7) is 1.23. The third kappa shape index (κ3) is 10.1. The Labute approximate surface area is 174 Å². The minimum absolute atomic E-state index is 0.0652. The molecule has 0 saturated heterocycles. The summed E-state index contributed by atoms with van der Waals surface area (Å²) in [5.41, 5.74) is 16.4. The lowest BCUT2D eigenvalue weighted by atomic mass is 10.0. The van der Waals surface area contributed by atoms with Gasteiger partial charge in [0.25, 0.3) is 0 Å². The first-order chi connectivity index (χ1) is 14.2. The predicted octanol–water partition coefficient (Wildman–Crippen LogP) is -2.13. The van der Waals surface area contributed by atoms with Crippen molar-refractivity contribution in [2.24, 2.45) is 22.2 Å². The monoisotopic (exact) mass is 419 g/mol. The molecule has 0 aliphatic heterocycles. The fourth-order valence-corrected chi connectivity index (χ4v) is 2.65. The Morgan fingerprint density at radius 2 is 1.63 bits per heavy atom. The zero-order valence-corrected chi connectivity index (χ0v) is 16.9. The quantitative estimate of drug-likeness (QED) is 0.127. The van der Waals surface area contributed by atoms with E-state index in [1.807, 2.05) is 6.07 Å². The van der Waals surface area contributed by atoms with Crippen molar-refractivity contribution in [2.75, 3.05) is 13.1 Å². The van der Waals surface area contributed by atoms with Gasteiger partial charge in [0, 0.05) is 19.9 Å². The number of amides is 4. The highest BCUT2D eigenvalue weighted by Crippen LogP contribution is 2.06. The molecule has 0 aliphatic rings. The van der Waals surface area contributed by atoms with Crippen LogP contribution in [-0.4, -0.2) is 54.8 Å². The molecule has 2 atom stereocenters. The molecular weight excluding hydrogens is 390 g/mol. The molecule has 30 heavy (non-hydrogen) atoms. The van der Waals surface area contributed by atoms with Crippen molar-refractivity contribution in [3.8, 4) is 0 Å². The highest BCUT2D eigenvalue weighted by atomic mass is 16.2. The number of guanidine groups is 1. The van der Waals surface area contributed by atoms with E-state index >= 15 is 0 Å². The van der Waals surface area contributed by atoms with Gasteiger partial charge >= 0.3 is 0 Å². The van der Waals surface area contributed by atoms with E-state index < -0.39 is 35.7 Å². The van der Waals surface area contributed by atoms with Gasteiger partial charge in [-0.15, -0.1) is 0 Å². The predicted molar refractivity (Wildman–Crippen MR) is 112 cm³/mol. The highest BCUT2D eigenvalue weighted by Gasteiger charge is 2.26. The number of rotatable bonds is 12. The van der Waals surface area contributed by atoms with Gasteiger partial charge in [0.2, 0.25) is 23.6 Å². The van der Waals surface area contributed by atoms with Crippen LogP contribution >= 0.6 is 0 Å².